The summed E-state index contributed by atoms with van der Waals surface area (Å²) in [6.07, 6.45) is 64.4. The zero-order valence-corrected chi connectivity index (χ0v) is 41.9. The molecule has 364 valence electrons. The topological polar surface area (TPSA) is 61.8 Å². The lowest BCUT2D eigenvalue weighted by Gasteiger charge is -2.18. The summed E-state index contributed by atoms with van der Waals surface area (Å²) in [5.74, 6) is -0.391. The van der Waals surface area contributed by atoms with Gasteiger partial charge < -0.3 is 14.2 Å². The van der Waals surface area contributed by atoms with Gasteiger partial charge in [-0.05, 0) is 51.4 Å². The maximum atomic E-state index is 12.8. The fourth-order valence-electron chi connectivity index (χ4n) is 8.12. The third kappa shape index (κ3) is 50.8. The molecular weight excluding hydrogens is 765 g/mol. The van der Waals surface area contributed by atoms with E-state index in [0.717, 1.165) is 64.2 Å². The summed E-state index contributed by atoms with van der Waals surface area (Å²) in [7, 11) is 0. The maximum Gasteiger partial charge on any atom is 0.306 e. The van der Waals surface area contributed by atoms with Crippen LogP contribution in [-0.2, 0) is 23.8 Å². The molecule has 0 heterocycles. The van der Waals surface area contributed by atoms with Crippen LogP contribution in [0.4, 0.5) is 0 Å². The van der Waals surface area contributed by atoms with Gasteiger partial charge in [-0.3, -0.25) is 9.59 Å². The molecule has 0 spiro atoms. The molecule has 0 aliphatic heterocycles. The highest BCUT2D eigenvalue weighted by molar-refractivity contribution is 5.70. The summed E-state index contributed by atoms with van der Waals surface area (Å²) in [5.41, 5.74) is 0. The fraction of sp³-hybridized carbons (Fsp3) is 0.860. The second kappa shape index (κ2) is 53.5. The molecule has 0 bridgehead atoms. The van der Waals surface area contributed by atoms with Crippen LogP contribution in [0, 0.1) is 0 Å². The summed E-state index contributed by atoms with van der Waals surface area (Å²) in [6.45, 7) is 7.73. The molecule has 0 amide bonds. The van der Waals surface area contributed by atoms with Crippen molar-refractivity contribution in [3.63, 3.8) is 0 Å². The molecule has 0 fully saturated rings. The minimum Gasteiger partial charge on any atom is -0.462 e. The highest BCUT2D eigenvalue weighted by Gasteiger charge is 2.17. The smallest absolute Gasteiger partial charge is 0.306 e. The molecule has 0 aromatic heterocycles. The first kappa shape index (κ1) is 60.1. The molecule has 62 heavy (non-hydrogen) atoms. The third-order valence-corrected chi connectivity index (χ3v) is 12.2. The Hall–Kier alpha value is -1.88. The van der Waals surface area contributed by atoms with Crippen LogP contribution in [0.25, 0.3) is 0 Å². The lowest BCUT2D eigenvalue weighted by Crippen LogP contribution is -2.30. The van der Waals surface area contributed by atoms with Crippen LogP contribution in [0.3, 0.4) is 0 Å². The number of allylic oxidation sites excluding steroid dienone is 6. The van der Waals surface area contributed by atoms with Crippen molar-refractivity contribution in [1.82, 2.24) is 0 Å². The number of unbranched alkanes of at least 4 members (excludes halogenated alkanes) is 34. The summed E-state index contributed by atoms with van der Waals surface area (Å²) < 4.78 is 17.4. The first-order valence-electron chi connectivity index (χ1n) is 27.5. The molecule has 5 nitrogen and oxygen atoms in total. The summed E-state index contributed by atoms with van der Waals surface area (Å²) in [5, 5.41) is 0. The van der Waals surface area contributed by atoms with E-state index in [1.165, 1.54) is 193 Å². The molecule has 0 rings (SSSR count). The van der Waals surface area contributed by atoms with Crippen molar-refractivity contribution in [1.29, 1.82) is 0 Å². The molecular formula is C57H106O5. The molecule has 0 N–H and O–H groups in total. The predicted molar refractivity (Wildman–Crippen MR) is 270 cm³/mol. The van der Waals surface area contributed by atoms with E-state index >= 15 is 0 Å². The minimum absolute atomic E-state index is 0.0827. The van der Waals surface area contributed by atoms with E-state index in [0.29, 0.717) is 19.4 Å². The van der Waals surface area contributed by atoms with E-state index in [-0.39, 0.29) is 25.2 Å². The Bertz CT molecular complexity index is 986. The van der Waals surface area contributed by atoms with Crippen molar-refractivity contribution < 1.29 is 23.8 Å². The van der Waals surface area contributed by atoms with Gasteiger partial charge in [0.25, 0.3) is 0 Å². The quantitative estimate of drug-likeness (QED) is 0.0346. The number of carbonyl (C=O) groups is 2. The van der Waals surface area contributed by atoms with Crippen molar-refractivity contribution in [3.8, 4) is 0 Å². The average molecular weight is 871 g/mol. The highest BCUT2D eigenvalue weighted by Crippen LogP contribution is 2.17. The number of ether oxygens (including phenoxy) is 3. The number of hydrogen-bond acceptors (Lipinski definition) is 5. The van der Waals surface area contributed by atoms with Crippen molar-refractivity contribution in [2.45, 2.75) is 297 Å². The van der Waals surface area contributed by atoms with Gasteiger partial charge in [0.05, 0.1) is 6.61 Å². The minimum atomic E-state index is -0.541. The Morgan fingerprint density at radius 3 is 1.16 bits per heavy atom. The standard InChI is InChI=1S/C57H106O5/c1-4-7-10-13-16-19-22-25-28-29-31-32-35-38-41-44-47-50-56(58)61-54-55(53-60-52-49-46-43-40-37-34-27-24-21-18-15-12-9-6-3)62-57(59)51-48-45-42-39-36-33-30-26-23-20-17-14-11-8-5-2/h9,12,18,21,27,34,55H,4-8,10-11,13-17,19-20,22-26,28-33,35-54H2,1-3H3/b12-9-,21-18-,34-27-. The van der Waals surface area contributed by atoms with Gasteiger partial charge in [0.15, 0.2) is 6.10 Å². The SMILES string of the molecule is CC/C=C\C/C=C\C/C=C\CCCCCCOCC(COC(=O)CCCCCCCCCCCCCCCCCCC)OC(=O)CCCCCCCCCCCCCCCCC. The Morgan fingerprint density at radius 2 is 0.726 bits per heavy atom. The molecule has 0 aliphatic rings. The van der Waals surface area contributed by atoms with Gasteiger partial charge in [0.1, 0.15) is 6.61 Å². The van der Waals surface area contributed by atoms with Crippen LogP contribution in [-0.4, -0.2) is 37.9 Å². The Balaban J connectivity index is 4.24. The van der Waals surface area contributed by atoms with Crippen LogP contribution in [0.2, 0.25) is 0 Å². The molecule has 0 saturated carbocycles. The van der Waals surface area contributed by atoms with Gasteiger partial charge in [-0.1, -0.05) is 263 Å². The van der Waals surface area contributed by atoms with E-state index < -0.39 is 6.10 Å². The number of carbonyl (C=O) groups excluding carboxylic acids is 2. The average Bonchev–Trinajstić information content (AvgIpc) is 3.27. The lowest BCUT2D eigenvalue weighted by molar-refractivity contribution is -0.163. The van der Waals surface area contributed by atoms with E-state index in [9.17, 15) is 9.59 Å². The summed E-state index contributed by atoms with van der Waals surface area (Å²) >= 11 is 0. The van der Waals surface area contributed by atoms with Gasteiger partial charge >= 0.3 is 11.9 Å². The molecule has 0 aliphatic carbocycles. The lowest BCUT2D eigenvalue weighted by atomic mass is 10.0. The van der Waals surface area contributed by atoms with Gasteiger partial charge in [0.2, 0.25) is 0 Å². The second-order valence-corrected chi connectivity index (χ2v) is 18.5. The molecule has 0 saturated heterocycles. The molecule has 1 atom stereocenters. The summed E-state index contributed by atoms with van der Waals surface area (Å²) in [6, 6.07) is 0. The zero-order chi connectivity index (χ0) is 44.9. The van der Waals surface area contributed by atoms with Crippen LogP contribution < -0.4 is 0 Å². The van der Waals surface area contributed by atoms with Crippen molar-refractivity contribution >= 4 is 11.9 Å². The summed E-state index contributed by atoms with van der Waals surface area (Å²) in [4.78, 5) is 25.5. The Kier molecular flexibility index (Phi) is 51.8. The monoisotopic (exact) mass is 871 g/mol. The molecule has 5 heteroatoms. The van der Waals surface area contributed by atoms with Gasteiger partial charge in [0, 0.05) is 19.4 Å². The van der Waals surface area contributed by atoms with Crippen LogP contribution in [0.5, 0.6) is 0 Å². The number of rotatable bonds is 51. The van der Waals surface area contributed by atoms with Crippen molar-refractivity contribution in [3.05, 3.63) is 36.5 Å². The first-order valence-corrected chi connectivity index (χ1v) is 27.5. The van der Waals surface area contributed by atoms with Crippen LogP contribution >= 0.6 is 0 Å². The largest absolute Gasteiger partial charge is 0.462 e. The Labute approximate surface area is 387 Å². The molecule has 1 unspecified atom stereocenters. The zero-order valence-electron chi connectivity index (χ0n) is 41.9. The third-order valence-electron chi connectivity index (χ3n) is 12.2. The van der Waals surface area contributed by atoms with Gasteiger partial charge in [-0.15, -0.1) is 0 Å². The van der Waals surface area contributed by atoms with Crippen LogP contribution in [0.15, 0.2) is 36.5 Å². The molecule has 0 radical (unpaired) electrons. The fourth-order valence-corrected chi connectivity index (χ4v) is 8.12. The first-order chi connectivity index (χ1) is 30.6. The number of hydrogen-bond donors (Lipinski definition) is 0. The van der Waals surface area contributed by atoms with Crippen molar-refractivity contribution in [2.75, 3.05) is 19.8 Å². The maximum absolute atomic E-state index is 12.8. The highest BCUT2D eigenvalue weighted by atomic mass is 16.6. The normalized spacial score (nSPS) is 12.4. The molecule has 0 aromatic carbocycles. The predicted octanol–water partition coefficient (Wildman–Crippen LogP) is 18.6. The molecule has 0 aromatic rings. The van der Waals surface area contributed by atoms with E-state index in [1.807, 2.05) is 0 Å². The van der Waals surface area contributed by atoms with E-state index in [2.05, 4.69) is 57.2 Å². The van der Waals surface area contributed by atoms with Gasteiger partial charge in [-0.2, -0.15) is 0 Å². The van der Waals surface area contributed by atoms with E-state index in [4.69, 9.17) is 14.2 Å². The van der Waals surface area contributed by atoms with Gasteiger partial charge in [-0.25, -0.2) is 0 Å². The van der Waals surface area contributed by atoms with E-state index in [1.54, 1.807) is 0 Å². The second-order valence-electron chi connectivity index (χ2n) is 18.5. The Morgan fingerprint density at radius 1 is 0.371 bits per heavy atom. The van der Waals surface area contributed by atoms with Crippen molar-refractivity contribution in [2.24, 2.45) is 0 Å². The number of esters is 2. The van der Waals surface area contributed by atoms with Crippen LogP contribution in [0.1, 0.15) is 290 Å².